The maximum absolute atomic E-state index is 10.2. The molecule has 0 spiro atoms. The Balaban J connectivity index is 3.27. The summed E-state index contributed by atoms with van der Waals surface area (Å²) >= 11 is 0. The monoisotopic (exact) mass is 498 g/mol. The first-order valence-corrected chi connectivity index (χ1v) is 16.3. The highest BCUT2D eigenvalue weighted by Gasteiger charge is 2.07. The van der Waals surface area contributed by atoms with Gasteiger partial charge in [-0.2, -0.15) is 0 Å². The molecular formula is C32H67NO2. The molecule has 0 heterocycles. The molecule has 3 heteroatoms. The van der Waals surface area contributed by atoms with Gasteiger partial charge in [0.2, 0.25) is 0 Å². The highest BCUT2D eigenvalue weighted by molar-refractivity contribution is 4.65. The Kier molecular flexibility index (Phi) is 30.0. The van der Waals surface area contributed by atoms with Gasteiger partial charge in [0.15, 0.2) is 0 Å². The van der Waals surface area contributed by atoms with Crippen LogP contribution in [0.25, 0.3) is 0 Å². The summed E-state index contributed by atoms with van der Waals surface area (Å²) in [4.78, 5) is 0. The van der Waals surface area contributed by atoms with E-state index in [0.29, 0.717) is 13.1 Å². The van der Waals surface area contributed by atoms with Crippen LogP contribution in [0.1, 0.15) is 181 Å². The van der Waals surface area contributed by atoms with E-state index >= 15 is 0 Å². The summed E-state index contributed by atoms with van der Waals surface area (Å²) in [6.45, 7) is 5.80. The van der Waals surface area contributed by atoms with Crippen molar-refractivity contribution >= 4 is 0 Å². The Morgan fingerprint density at radius 2 is 0.600 bits per heavy atom. The molecule has 0 aliphatic rings. The number of aliphatic hydroxyl groups is 2. The van der Waals surface area contributed by atoms with Crippen LogP contribution in [0.5, 0.6) is 0 Å². The standard InChI is InChI=1S/C32H67NO2/c1-3-5-7-9-11-13-15-17-19-21-23-25-27-31(34)29-33-30-32(35)28-26-24-22-20-18-16-14-12-10-8-6-4-2/h31-35H,3-30H2,1-2H3. The summed E-state index contributed by atoms with van der Waals surface area (Å²) in [5, 5.41) is 23.6. The normalized spacial score (nSPS) is 13.4. The Labute approximate surface area is 221 Å². The molecular weight excluding hydrogens is 430 g/mol. The first-order chi connectivity index (χ1) is 17.2. The molecule has 2 atom stereocenters. The number of rotatable bonds is 30. The van der Waals surface area contributed by atoms with Gasteiger partial charge in [0.25, 0.3) is 0 Å². The van der Waals surface area contributed by atoms with Crippen molar-refractivity contribution in [2.24, 2.45) is 0 Å². The van der Waals surface area contributed by atoms with Gasteiger partial charge in [-0.25, -0.2) is 0 Å². The molecule has 0 saturated carbocycles. The van der Waals surface area contributed by atoms with E-state index in [-0.39, 0.29) is 12.2 Å². The molecule has 2 unspecified atom stereocenters. The van der Waals surface area contributed by atoms with E-state index in [2.05, 4.69) is 19.2 Å². The summed E-state index contributed by atoms with van der Waals surface area (Å²) < 4.78 is 0. The highest BCUT2D eigenvalue weighted by Crippen LogP contribution is 2.14. The minimum Gasteiger partial charge on any atom is -0.392 e. The van der Waals surface area contributed by atoms with Gasteiger partial charge in [-0.1, -0.05) is 168 Å². The van der Waals surface area contributed by atoms with Gasteiger partial charge in [-0.3, -0.25) is 0 Å². The molecule has 0 saturated heterocycles. The van der Waals surface area contributed by atoms with Gasteiger partial charge in [-0.05, 0) is 12.8 Å². The van der Waals surface area contributed by atoms with Gasteiger partial charge in [-0.15, -0.1) is 0 Å². The van der Waals surface area contributed by atoms with Crippen LogP contribution in [0.2, 0.25) is 0 Å². The lowest BCUT2D eigenvalue weighted by Crippen LogP contribution is -2.33. The Bertz CT molecular complexity index is 343. The molecule has 0 aromatic carbocycles. The largest absolute Gasteiger partial charge is 0.392 e. The van der Waals surface area contributed by atoms with E-state index in [1.807, 2.05) is 0 Å². The molecule has 0 aromatic heterocycles. The molecule has 212 valence electrons. The Morgan fingerprint density at radius 3 is 0.857 bits per heavy atom. The molecule has 0 amide bonds. The van der Waals surface area contributed by atoms with Crippen molar-refractivity contribution in [3.05, 3.63) is 0 Å². The van der Waals surface area contributed by atoms with Gasteiger partial charge in [0.1, 0.15) is 0 Å². The third-order valence-corrected chi connectivity index (χ3v) is 7.54. The van der Waals surface area contributed by atoms with Crippen LogP contribution in [0.3, 0.4) is 0 Å². The van der Waals surface area contributed by atoms with Crippen molar-refractivity contribution in [2.75, 3.05) is 13.1 Å². The van der Waals surface area contributed by atoms with E-state index in [0.717, 1.165) is 25.7 Å². The lowest BCUT2D eigenvalue weighted by atomic mass is 10.0. The molecule has 0 aliphatic heterocycles. The first kappa shape index (κ1) is 34.9. The fraction of sp³-hybridized carbons (Fsp3) is 1.00. The summed E-state index contributed by atoms with van der Waals surface area (Å²) in [5.41, 5.74) is 0. The summed E-state index contributed by atoms with van der Waals surface area (Å²) in [7, 11) is 0. The minimum atomic E-state index is -0.267. The van der Waals surface area contributed by atoms with E-state index in [4.69, 9.17) is 0 Å². The Morgan fingerprint density at radius 1 is 0.371 bits per heavy atom. The summed E-state index contributed by atoms with van der Waals surface area (Å²) in [6, 6.07) is 0. The average molecular weight is 498 g/mol. The molecule has 35 heavy (non-hydrogen) atoms. The second kappa shape index (κ2) is 30.1. The van der Waals surface area contributed by atoms with Crippen molar-refractivity contribution in [2.45, 2.75) is 193 Å². The zero-order chi connectivity index (χ0) is 25.7. The van der Waals surface area contributed by atoms with Gasteiger partial charge in [0.05, 0.1) is 12.2 Å². The van der Waals surface area contributed by atoms with Crippen LogP contribution < -0.4 is 5.32 Å². The van der Waals surface area contributed by atoms with Gasteiger partial charge < -0.3 is 15.5 Å². The summed E-state index contributed by atoms with van der Waals surface area (Å²) in [5.74, 6) is 0. The highest BCUT2D eigenvalue weighted by atomic mass is 16.3. The van der Waals surface area contributed by atoms with Crippen LogP contribution in [0, 0.1) is 0 Å². The van der Waals surface area contributed by atoms with Crippen molar-refractivity contribution in [3.63, 3.8) is 0 Å². The molecule has 0 fully saturated rings. The molecule has 0 bridgehead atoms. The van der Waals surface area contributed by atoms with Crippen molar-refractivity contribution in [1.29, 1.82) is 0 Å². The lowest BCUT2D eigenvalue weighted by Gasteiger charge is -2.15. The smallest absolute Gasteiger partial charge is 0.0664 e. The van der Waals surface area contributed by atoms with E-state index in [1.165, 1.54) is 141 Å². The molecule has 0 radical (unpaired) electrons. The van der Waals surface area contributed by atoms with Crippen molar-refractivity contribution in [1.82, 2.24) is 5.32 Å². The molecule has 3 N–H and O–H groups in total. The second-order valence-electron chi connectivity index (χ2n) is 11.3. The number of aliphatic hydroxyl groups excluding tert-OH is 2. The van der Waals surface area contributed by atoms with Crippen LogP contribution in [-0.2, 0) is 0 Å². The van der Waals surface area contributed by atoms with Crippen LogP contribution in [0.15, 0.2) is 0 Å². The third kappa shape index (κ3) is 30.0. The quantitative estimate of drug-likeness (QED) is 0.0866. The fourth-order valence-corrected chi connectivity index (χ4v) is 5.06. The Hall–Kier alpha value is -0.120. The zero-order valence-corrected chi connectivity index (χ0v) is 24.3. The third-order valence-electron chi connectivity index (χ3n) is 7.54. The van der Waals surface area contributed by atoms with Crippen LogP contribution >= 0.6 is 0 Å². The van der Waals surface area contributed by atoms with Crippen LogP contribution in [-0.4, -0.2) is 35.5 Å². The zero-order valence-electron chi connectivity index (χ0n) is 24.3. The molecule has 0 aromatic rings. The number of hydrogen-bond acceptors (Lipinski definition) is 3. The molecule has 3 nitrogen and oxygen atoms in total. The van der Waals surface area contributed by atoms with Gasteiger partial charge in [0, 0.05) is 13.1 Å². The maximum Gasteiger partial charge on any atom is 0.0664 e. The predicted molar refractivity (Wildman–Crippen MR) is 156 cm³/mol. The van der Waals surface area contributed by atoms with Crippen LogP contribution in [0.4, 0.5) is 0 Å². The fourth-order valence-electron chi connectivity index (χ4n) is 5.06. The predicted octanol–water partition coefficient (Wildman–Crippen LogP) is 9.48. The van der Waals surface area contributed by atoms with Crippen molar-refractivity contribution < 1.29 is 10.2 Å². The number of unbranched alkanes of at least 4 members (excludes halogenated alkanes) is 22. The minimum absolute atomic E-state index is 0.267. The molecule has 0 rings (SSSR count). The van der Waals surface area contributed by atoms with Crippen molar-refractivity contribution in [3.8, 4) is 0 Å². The molecule has 0 aliphatic carbocycles. The second-order valence-corrected chi connectivity index (χ2v) is 11.3. The SMILES string of the molecule is CCCCCCCCCCCCCCC(O)CNCC(O)CCCCCCCCCCCCCC. The van der Waals surface area contributed by atoms with E-state index < -0.39 is 0 Å². The number of nitrogens with one attached hydrogen (secondary N) is 1. The average Bonchev–Trinajstić information content (AvgIpc) is 2.85. The maximum atomic E-state index is 10.2. The summed E-state index contributed by atoms with van der Waals surface area (Å²) in [6.07, 6.45) is 33.8. The number of hydrogen-bond donors (Lipinski definition) is 3. The van der Waals surface area contributed by atoms with E-state index in [9.17, 15) is 10.2 Å². The topological polar surface area (TPSA) is 52.5 Å². The first-order valence-electron chi connectivity index (χ1n) is 16.3. The lowest BCUT2D eigenvalue weighted by molar-refractivity contribution is 0.132. The van der Waals surface area contributed by atoms with Gasteiger partial charge >= 0.3 is 0 Å². The van der Waals surface area contributed by atoms with E-state index in [1.54, 1.807) is 0 Å².